The monoisotopic (exact) mass is 323 g/mol. The third-order valence-electron chi connectivity index (χ3n) is 4.21. The van der Waals surface area contributed by atoms with E-state index in [1.807, 2.05) is 17.0 Å². The molecule has 1 atom stereocenters. The van der Waals surface area contributed by atoms with Crippen LogP contribution in [0.15, 0.2) is 24.3 Å². The molecule has 2 heterocycles. The van der Waals surface area contributed by atoms with E-state index in [-0.39, 0.29) is 12.0 Å². The lowest BCUT2D eigenvalue weighted by Gasteiger charge is -2.37. The van der Waals surface area contributed by atoms with E-state index in [9.17, 15) is 4.79 Å². The molecular formula is C16H22ClN3O2. The van der Waals surface area contributed by atoms with Gasteiger partial charge in [0.15, 0.2) is 0 Å². The van der Waals surface area contributed by atoms with Gasteiger partial charge in [-0.05, 0) is 17.7 Å². The standard InChI is InChI=1S/C16H22ClN3O2/c17-14-3-1-13(2-4-14)12-19-6-8-20(9-7-19)16(21)15-11-18-5-10-22-15/h1-4,15,18H,5-12H2. The Kier molecular flexibility index (Phi) is 5.31. The molecule has 6 heteroatoms. The molecule has 120 valence electrons. The van der Waals surface area contributed by atoms with E-state index in [0.717, 1.165) is 44.3 Å². The molecule has 1 amide bonds. The number of morpholine rings is 1. The van der Waals surface area contributed by atoms with Crippen LogP contribution in [0.2, 0.25) is 5.02 Å². The van der Waals surface area contributed by atoms with Gasteiger partial charge in [0, 0.05) is 50.8 Å². The number of amides is 1. The minimum Gasteiger partial charge on any atom is -0.366 e. The van der Waals surface area contributed by atoms with E-state index in [4.69, 9.17) is 16.3 Å². The van der Waals surface area contributed by atoms with Crippen LogP contribution < -0.4 is 5.32 Å². The highest BCUT2D eigenvalue weighted by Crippen LogP contribution is 2.13. The van der Waals surface area contributed by atoms with Crippen molar-refractivity contribution in [1.82, 2.24) is 15.1 Å². The molecule has 0 saturated carbocycles. The smallest absolute Gasteiger partial charge is 0.253 e. The Bertz CT molecular complexity index is 495. The van der Waals surface area contributed by atoms with Crippen molar-refractivity contribution in [1.29, 1.82) is 0 Å². The Balaban J connectivity index is 1.47. The summed E-state index contributed by atoms with van der Waals surface area (Å²) in [5, 5.41) is 3.97. The lowest BCUT2D eigenvalue weighted by molar-refractivity contribution is -0.147. The van der Waals surface area contributed by atoms with Crippen molar-refractivity contribution in [2.75, 3.05) is 45.9 Å². The Morgan fingerprint density at radius 3 is 2.59 bits per heavy atom. The van der Waals surface area contributed by atoms with Crippen molar-refractivity contribution in [3.63, 3.8) is 0 Å². The fraction of sp³-hybridized carbons (Fsp3) is 0.562. The molecular weight excluding hydrogens is 302 g/mol. The average Bonchev–Trinajstić information content (AvgIpc) is 2.58. The van der Waals surface area contributed by atoms with Crippen molar-refractivity contribution in [3.05, 3.63) is 34.9 Å². The van der Waals surface area contributed by atoms with Gasteiger partial charge >= 0.3 is 0 Å². The number of ether oxygens (including phenoxy) is 1. The first-order valence-corrected chi connectivity index (χ1v) is 8.18. The number of nitrogens with one attached hydrogen (secondary N) is 1. The molecule has 5 nitrogen and oxygen atoms in total. The third kappa shape index (κ3) is 3.98. The molecule has 2 fully saturated rings. The SMILES string of the molecule is O=C(C1CNCCO1)N1CCN(Cc2ccc(Cl)cc2)CC1. The molecule has 0 spiro atoms. The third-order valence-corrected chi connectivity index (χ3v) is 4.46. The first-order chi connectivity index (χ1) is 10.7. The Morgan fingerprint density at radius 1 is 1.23 bits per heavy atom. The fourth-order valence-electron chi connectivity index (χ4n) is 2.90. The van der Waals surface area contributed by atoms with E-state index >= 15 is 0 Å². The lowest BCUT2D eigenvalue weighted by atomic mass is 10.2. The van der Waals surface area contributed by atoms with Gasteiger partial charge in [0.25, 0.3) is 5.91 Å². The summed E-state index contributed by atoms with van der Waals surface area (Å²) in [6, 6.07) is 7.96. The maximum absolute atomic E-state index is 12.4. The maximum atomic E-state index is 12.4. The van der Waals surface area contributed by atoms with Crippen LogP contribution in [0.1, 0.15) is 5.56 Å². The van der Waals surface area contributed by atoms with Crippen molar-refractivity contribution in [3.8, 4) is 0 Å². The molecule has 0 bridgehead atoms. The largest absolute Gasteiger partial charge is 0.366 e. The molecule has 0 aliphatic carbocycles. The normalized spacial score (nSPS) is 23.5. The van der Waals surface area contributed by atoms with Crippen molar-refractivity contribution in [2.45, 2.75) is 12.6 Å². The zero-order chi connectivity index (χ0) is 15.4. The highest BCUT2D eigenvalue weighted by atomic mass is 35.5. The second-order valence-electron chi connectivity index (χ2n) is 5.79. The van der Waals surface area contributed by atoms with Crippen LogP contribution in [0, 0.1) is 0 Å². The van der Waals surface area contributed by atoms with Crippen molar-refractivity contribution in [2.24, 2.45) is 0 Å². The molecule has 0 radical (unpaired) electrons. The number of halogens is 1. The molecule has 1 N–H and O–H groups in total. The number of carbonyl (C=O) groups excluding carboxylic acids is 1. The lowest BCUT2D eigenvalue weighted by Crippen LogP contribution is -2.54. The van der Waals surface area contributed by atoms with E-state index in [1.54, 1.807) is 0 Å². The van der Waals surface area contributed by atoms with Crippen molar-refractivity contribution >= 4 is 17.5 Å². The quantitative estimate of drug-likeness (QED) is 0.900. The summed E-state index contributed by atoms with van der Waals surface area (Å²) in [7, 11) is 0. The highest BCUT2D eigenvalue weighted by Gasteiger charge is 2.29. The van der Waals surface area contributed by atoms with E-state index < -0.39 is 0 Å². The van der Waals surface area contributed by atoms with Crippen LogP contribution in [0.25, 0.3) is 0 Å². The summed E-state index contributed by atoms with van der Waals surface area (Å²) in [4.78, 5) is 16.7. The van der Waals surface area contributed by atoms with Gasteiger partial charge in [-0.15, -0.1) is 0 Å². The van der Waals surface area contributed by atoms with Gasteiger partial charge in [-0.2, -0.15) is 0 Å². The van der Waals surface area contributed by atoms with Gasteiger partial charge in [-0.1, -0.05) is 23.7 Å². The molecule has 3 rings (SSSR count). The summed E-state index contributed by atoms with van der Waals surface area (Å²) in [5.41, 5.74) is 1.25. The zero-order valence-corrected chi connectivity index (χ0v) is 13.4. The van der Waals surface area contributed by atoms with Crippen LogP contribution in [-0.2, 0) is 16.1 Å². The first kappa shape index (κ1) is 15.7. The van der Waals surface area contributed by atoms with Gasteiger partial charge in [0.05, 0.1) is 6.61 Å². The Hall–Kier alpha value is -1.14. The second-order valence-corrected chi connectivity index (χ2v) is 6.23. The number of benzene rings is 1. The first-order valence-electron chi connectivity index (χ1n) is 7.80. The molecule has 0 aromatic heterocycles. The molecule has 1 unspecified atom stereocenters. The molecule has 22 heavy (non-hydrogen) atoms. The zero-order valence-electron chi connectivity index (χ0n) is 12.6. The molecule has 2 aliphatic rings. The predicted molar refractivity (Wildman–Crippen MR) is 85.9 cm³/mol. The summed E-state index contributed by atoms with van der Waals surface area (Å²) >= 11 is 5.91. The number of hydrogen-bond donors (Lipinski definition) is 1. The second kappa shape index (κ2) is 7.42. The number of nitrogens with zero attached hydrogens (tertiary/aromatic N) is 2. The number of piperazine rings is 1. The van der Waals surface area contributed by atoms with E-state index in [2.05, 4.69) is 22.3 Å². The average molecular weight is 324 g/mol. The number of hydrogen-bond acceptors (Lipinski definition) is 4. The molecule has 2 aliphatic heterocycles. The van der Waals surface area contributed by atoms with Crippen LogP contribution in [0.3, 0.4) is 0 Å². The summed E-state index contributed by atoms with van der Waals surface area (Å²) in [6.07, 6.45) is -0.309. The van der Waals surface area contributed by atoms with Gasteiger partial charge in [0.1, 0.15) is 6.10 Å². The fourth-order valence-corrected chi connectivity index (χ4v) is 3.03. The molecule has 1 aromatic carbocycles. The summed E-state index contributed by atoms with van der Waals surface area (Å²) in [5.74, 6) is 0.123. The number of rotatable bonds is 3. The topological polar surface area (TPSA) is 44.8 Å². The van der Waals surface area contributed by atoms with Gasteiger partial charge in [-0.3, -0.25) is 9.69 Å². The maximum Gasteiger partial charge on any atom is 0.253 e. The molecule has 2 saturated heterocycles. The van der Waals surface area contributed by atoms with Gasteiger partial charge in [-0.25, -0.2) is 0 Å². The van der Waals surface area contributed by atoms with Crippen LogP contribution in [0.5, 0.6) is 0 Å². The minimum absolute atomic E-state index is 0.123. The minimum atomic E-state index is -0.309. The summed E-state index contributed by atoms with van der Waals surface area (Å²) < 4.78 is 5.55. The highest BCUT2D eigenvalue weighted by molar-refractivity contribution is 6.30. The van der Waals surface area contributed by atoms with Gasteiger partial charge in [0.2, 0.25) is 0 Å². The Morgan fingerprint density at radius 2 is 1.95 bits per heavy atom. The van der Waals surface area contributed by atoms with Gasteiger partial charge < -0.3 is 15.0 Å². The van der Waals surface area contributed by atoms with E-state index in [0.29, 0.717) is 13.2 Å². The molecule has 1 aromatic rings. The van der Waals surface area contributed by atoms with Crippen LogP contribution in [-0.4, -0.2) is 67.7 Å². The predicted octanol–water partition coefficient (Wildman–Crippen LogP) is 0.973. The van der Waals surface area contributed by atoms with E-state index in [1.165, 1.54) is 5.56 Å². The Labute approximate surface area is 136 Å². The van der Waals surface area contributed by atoms with Crippen LogP contribution >= 0.6 is 11.6 Å². The van der Waals surface area contributed by atoms with Crippen molar-refractivity contribution < 1.29 is 9.53 Å². The number of carbonyl (C=O) groups is 1. The summed E-state index contributed by atoms with van der Waals surface area (Å²) in [6.45, 7) is 6.32. The van der Waals surface area contributed by atoms with Crippen LogP contribution in [0.4, 0.5) is 0 Å².